The molecule has 0 aliphatic heterocycles. The number of halogens is 1. The van der Waals surface area contributed by atoms with E-state index in [2.05, 4.69) is 0 Å². The van der Waals surface area contributed by atoms with E-state index in [4.69, 9.17) is 11.6 Å². The Labute approximate surface area is 138 Å². The van der Waals surface area contributed by atoms with E-state index in [0.29, 0.717) is 0 Å². The zero-order valence-electron chi connectivity index (χ0n) is 16.2. The lowest BCUT2D eigenvalue weighted by Gasteiger charge is -2.30. The molecule has 2 aromatic rings. The molecule has 0 aromatic heterocycles. The van der Waals surface area contributed by atoms with Gasteiger partial charge in [0.2, 0.25) is 5.60 Å². The zero-order valence-corrected chi connectivity index (χ0v) is 12.0. The molecule has 0 bridgehead atoms. The molecule has 3 nitrogen and oxygen atoms in total. The van der Waals surface area contributed by atoms with E-state index < -0.39 is 31.4 Å². The maximum absolute atomic E-state index is 12.2. The highest BCUT2D eigenvalue weighted by atomic mass is 35.5. The van der Waals surface area contributed by atoms with Crippen LogP contribution in [0.15, 0.2) is 60.7 Å². The second-order valence-corrected chi connectivity index (χ2v) is 4.18. The third-order valence-electron chi connectivity index (χ3n) is 3.02. The van der Waals surface area contributed by atoms with Gasteiger partial charge in [0, 0.05) is 13.5 Å². The topological polar surface area (TPSA) is 46.5 Å². The van der Waals surface area contributed by atoms with Crippen LogP contribution in [0.5, 0.6) is 0 Å². The van der Waals surface area contributed by atoms with E-state index in [1.54, 1.807) is 60.7 Å². The molecule has 112 valence electrons. The fourth-order valence-corrected chi connectivity index (χ4v) is 2.13. The van der Waals surface area contributed by atoms with Gasteiger partial charge in [-0.2, -0.15) is 0 Å². The van der Waals surface area contributed by atoms with Gasteiger partial charge >= 0.3 is 5.97 Å². The van der Waals surface area contributed by atoms with E-state index in [9.17, 15) is 9.90 Å². The first kappa shape index (κ1) is 10.8. The number of benzene rings is 2. The second-order valence-electron chi connectivity index (χ2n) is 4.18. The maximum atomic E-state index is 12.2. The summed E-state index contributed by atoms with van der Waals surface area (Å²) in [5.74, 6) is -1.36. The van der Waals surface area contributed by atoms with E-state index in [-0.39, 0.29) is 23.5 Å². The van der Waals surface area contributed by atoms with Gasteiger partial charge in [-0.25, -0.2) is 4.79 Å². The minimum absolute atomic E-state index is 0. The average molecular weight is 312 g/mol. The number of ether oxygens (including phenoxy) is 1. The van der Waals surface area contributed by atoms with Crippen molar-refractivity contribution in [2.24, 2.45) is 0 Å². The normalized spacial score (nSPS) is 15.5. The highest BCUT2D eigenvalue weighted by Gasteiger charge is 2.43. The Kier molecular flexibility index (Phi) is 4.03. The quantitative estimate of drug-likeness (QED) is 0.881. The number of carboxylic acid groups (broad SMARTS) is 1. The molecule has 0 amide bonds. The summed E-state index contributed by atoms with van der Waals surface area (Å²) >= 11 is 0. The molecule has 0 heterocycles. The molecular weight excluding hydrogens is 288 g/mol. The van der Waals surface area contributed by atoms with E-state index in [0.717, 1.165) is 0 Å². The van der Waals surface area contributed by atoms with Crippen molar-refractivity contribution in [2.75, 3.05) is 6.61 Å². The Morgan fingerprint density at radius 1 is 1.14 bits per heavy atom. The van der Waals surface area contributed by atoms with Crippen LogP contribution in [0, 0.1) is 0 Å². The minimum atomic E-state index is -2.94. The molecule has 2 rings (SSSR count). The molecule has 0 radical (unpaired) electrons. The molecule has 1 N–H and O–H groups in total. The molecule has 0 unspecified atom stereocenters. The van der Waals surface area contributed by atoms with Gasteiger partial charge in [0.1, 0.15) is 0 Å². The van der Waals surface area contributed by atoms with Gasteiger partial charge in [0.05, 0.1) is 0 Å². The van der Waals surface area contributed by atoms with Gasteiger partial charge in [0.15, 0.2) is 0 Å². The number of carboxylic acids is 1. The third-order valence-corrected chi connectivity index (χ3v) is 3.02. The first-order valence-electron chi connectivity index (χ1n) is 8.60. The van der Waals surface area contributed by atoms with Gasteiger partial charge in [-0.1, -0.05) is 67.5 Å². The highest BCUT2D eigenvalue weighted by Crippen LogP contribution is 2.34. The number of hydrogen-bond donors (Lipinski definition) is 1. The summed E-state index contributed by atoms with van der Waals surface area (Å²) in [6.07, 6.45) is -2.70. The molecule has 0 atom stereocenters. The number of carbonyl (C=O) groups is 1. The molecule has 0 fully saturated rings. The molecule has 0 aliphatic carbocycles. The lowest BCUT2D eigenvalue weighted by atomic mass is 9.86. The Morgan fingerprint density at radius 2 is 1.62 bits per heavy atom. The molecule has 0 spiro atoms. The lowest BCUT2D eigenvalue weighted by molar-refractivity contribution is -0.161. The van der Waals surface area contributed by atoms with Crippen molar-refractivity contribution in [2.45, 2.75) is 18.8 Å². The molecule has 2 aromatic carbocycles. The van der Waals surface area contributed by atoms with E-state index >= 15 is 0 Å². The number of aliphatic carboxylic acids is 1. The Bertz CT molecular complexity index is 681. The Balaban J connectivity index is 0.00000338. The van der Waals surface area contributed by atoms with Crippen molar-refractivity contribution in [1.82, 2.24) is 0 Å². The van der Waals surface area contributed by atoms with Crippen LogP contribution >= 0.6 is 12.4 Å². The molecular formula is C17H19ClO3. The average Bonchev–Trinajstić information content (AvgIpc) is 2.56. The zero-order chi connectivity index (χ0) is 18.7. The smallest absolute Gasteiger partial charge is 0.345 e. The van der Waals surface area contributed by atoms with Crippen LogP contribution in [-0.2, 0) is 15.1 Å². The summed E-state index contributed by atoms with van der Waals surface area (Å²) in [7, 11) is 0. The molecule has 4 heteroatoms. The van der Waals surface area contributed by atoms with Crippen LogP contribution in [0.25, 0.3) is 0 Å². The van der Waals surface area contributed by atoms with Crippen molar-refractivity contribution in [1.29, 1.82) is 0 Å². The summed E-state index contributed by atoms with van der Waals surface area (Å²) < 4.78 is 42.8. The molecule has 0 aliphatic rings. The highest BCUT2D eigenvalue weighted by molar-refractivity contribution is 5.85. The van der Waals surface area contributed by atoms with Gasteiger partial charge in [0.25, 0.3) is 0 Å². The van der Waals surface area contributed by atoms with Gasteiger partial charge < -0.3 is 9.84 Å². The second kappa shape index (κ2) is 7.81. The van der Waals surface area contributed by atoms with Gasteiger partial charge in [-0.3, -0.25) is 0 Å². The fraction of sp³-hybridized carbons (Fsp3) is 0.235. The van der Waals surface area contributed by atoms with Crippen LogP contribution in [0.2, 0.25) is 0 Å². The van der Waals surface area contributed by atoms with E-state index in [1.165, 1.54) is 0 Å². The van der Waals surface area contributed by atoms with Crippen LogP contribution in [0.1, 0.15) is 31.2 Å². The lowest BCUT2D eigenvalue weighted by Crippen LogP contribution is -2.40. The fourth-order valence-electron chi connectivity index (χ4n) is 2.13. The summed E-state index contributed by atoms with van der Waals surface area (Å²) in [6, 6.07) is 16.2. The van der Waals surface area contributed by atoms with Crippen molar-refractivity contribution in [3.63, 3.8) is 0 Å². The van der Waals surface area contributed by atoms with E-state index in [1.807, 2.05) is 0 Å². The maximum Gasteiger partial charge on any atom is 0.345 e. The first-order chi connectivity index (χ1) is 11.6. The van der Waals surface area contributed by atoms with Crippen molar-refractivity contribution in [3.05, 3.63) is 71.8 Å². The third kappa shape index (κ3) is 3.43. The summed E-state index contributed by atoms with van der Waals surface area (Å²) in [5.41, 5.74) is -1.47. The number of hydrogen-bond acceptors (Lipinski definition) is 2. The predicted molar refractivity (Wildman–Crippen MR) is 84.8 cm³/mol. The summed E-state index contributed by atoms with van der Waals surface area (Å²) in [4.78, 5) is 12.2. The SMILES string of the molecule is Cl.[2H]C([2H])([2H])C([2H])([2H])COC(C(=O)O)(c1ccccc1)c1ccccc1. The minimum Gasteiger partial charge on any atom is -0.479 e. The molecule has 0 saturated heterocycles. The standard InChI is InChI=1S/C17H18O3.ClH/c1-2-13-20-17(16(18)19,14-9-5-3-6-10-14)15-11-7-4-8-12-15;/h3-12H,2,13H2,1H3,(H,18,19);1H/i1D3,2D2;. The Morgan fingerprint density at radius 3 is 2.00 bits per heavy atom. The van der Waals surface area contributed by atoms with Crippen LogP contribution < -0.4 is 0 Å². The summed E-state index contributed by atoms with van der Waals surface area (Å²) in [6.45, 7) is -3.84. The number of rotatable bonds is 6. The predicted octanol–water partition coefficient (Wildman–Crippen LogP) is 3.86. The molecule has 0 saturated carbocycles. The largest absolute Gasteiger partial charge is 0.479 e. The van der Waals surface area contributed by atoms with Gasteiger partial charge in [-0.15, -0.1) is 12.4 Å². The monoisotopic (exact) mass is 311 g/mol. The Hall–Kier alpha value is -1.84. The van der Waals surface area contributed by atoms with Crippen molar-refractivity contribution < 1.29 is 21.5 Å². The van der Waals surface area contributed by atoms with Crippen LogP contribution in [-0.4, -0.2) is 17.7 Å². The van der Waals surface area contributed by atoms with Crippen LogP contribution in [0.4, 0.5) is 0 Å². The summed E-state index contributed by atoms with van der Waals surface area (Å²) in [5, 5.41) is 9.94. The van der Waals surface area contributed by atoms with Crippen LogP contribution in [0.3, 0.4) is 0 Å². The van der Waals surface area contributed by atoms with Gasteiger partial charge in [-0.05, 0) is 17.5 Å². The molecule has 21 heavy (non-hydrogen) atoms. The van der Waals surface area contributed by atoms with Crippen molar-refractivity contribution in [3.8, 4) is 0 Å². The first-order valence-corrected chi connectivity index (χ1v) is 6.10. The van der Waals surface area contributed by atoms with Crippen molar-refractivity contribution >= 4 is 18.4 Å².